The van der Waals surface area contributed by atoms with Crippen LogP contribution in [0.3, 0.4) is 0 Å². The molecule has 0 saturated heterocycles. The maximum Gasteiger partial charge on any atom is 0.354 e. The molecule has 0 aliphatic carbocycles. The van der Waals surface area contributed by atoms with Gasteiger partial charge in [0, 0.05) is 6.20 Å². The molecule has 1 atom stereocenters. The van der Waals surface area contributed by atoms with Crippen molar-refractivity contribution in [3.8, 4) is 0 Å². The number of aromatic carboxylic acids is 1. The van der Waals surface area contributed by atoms with Gasteiger partial charge in [-0.3, -0.25) is 0 Å². The van der Waals surface area contributed by atoms with E-state index in [9.17, 15) is 9.90 Å². The Balaban J connectivity index is 2.87. The summed E-state index contributed by atoms with van der Waals surface area (Å²) in [5, 5.41) is 17.9. The van der Waals surface area contributed by atoms with Crippen molar-refractivity contribution in [1.29, 1.82) is 0 Å². The van der Waals surface area contributed by atoms with Crippen LogP contribution in [0.25, 0.3) is 0 Å². The first kappa shape index (κ1) is 9.67. The number of carboxylic acid groups (broad SMARTS) is 1. The minimum absolute atomic E-state index is 0.00736. The highest BCUT2D eigenvalue weighted by Crippen LogP contribution is 2.14. The van der Waals surface area contributed by atoms with Crippen LogP contribution in [0.1, 0.15) is 35.5 Å². The quantitative estimate of drug-likeness (QED) is 0.735. The van der Waals surface area contributed by atoms with E-state index >= 15 is 0 Å². The third-order valence-electron chi connectivity index (χ3n) is 1.78. The summed E-state index contributed by atoms with van der Waals surface area (Å²) in [4.78, 5) is 14.1. The van der Waals surface area contributed by atoms with E-state index in [-0.39, 0.29) is 5.69 Å². The molecule has 2 N–H and O–H groups in total. The van der Waals surface area contributed by atoms with E-state index in [0.717, 1.165) is 0 Å². The average Bonchev–Trinajstić information content (AvgIpc) is 2.17. The maximum atomic E-state index is 10.4. The highest BCUT2D eigenvalue weighted by molar-refractivity contribution is 5.85. The van der Waals surface area contributed by atoms with Crippen molar-refractivity contribution in [3.63, 3.8) is 0 Å². The van der Waals surface area contributed by atoms with E-state index in [1.165, 1.54) is 12.3 Å². The molecule has 13 heavy (non-hydrogen) atoms. The van der Waals surface area contributed by atoms with Gasteiger partial charge in [-0.15, -0.1) is 0 Å². The van der Waals surface area contributed by atoms with Gasteiger partial charge in [-0.2, -0.15) is 0 Å². The van der Waals surface area contributed by atoms with Gasteiger partial charge in [0.25, 0.3) is 0 Å². The predicted molar refractivity (Wildman–Crippen MR) is 46.4 cm³/mol. The van der Waals surface area contributed by atoms with Gasteiger partial charge >= 0.3 is 5.97 Å². The minimum Gasteiger partial charge on any atom is -0.477 e. The lowest BCUT2D eigenvalue weighted by Gasteiger charge is -2.06. The van der Waals surface area contributed by atoms with Gasteiger partial charge in [0.1, 0.15) is 5.69 Å². The summed E-state index contributed by atoms with van der Waals surface area (Å²) in [6.45, 7) is 1.84. The highest BCUT2D eigenvalue weighted by atomic mass is 16.4. The van der Waals surface area contributed by atoms with Crippen molar-refractivity contribution in [2.24, 2.45) is 0 Å². The summed E-state index contributed by atoms with van der Waals surface area (Å²) >= 11 is 0. The summed E-state index contributed by atoms with van der Waals surface area (Å²) < 4.78 is 0. The first-order chi connectivity index (χ1) is 6.15. The van der Waals surface area contributed by atoms with Crippen LogP contribution in [-0.2, 0) is 0 Å². The Morgan fingerprint density at radius 2 is 2.31 bits per heavy atom. The number of aliphatic hydroxyl groups excluding tert-OH is 1. The average molecular weight is 181 g/mol. The van der Waals surface area contributed by atoms with Crippen molar-refractivity contribution in [3.05, 3.63) is 29.6 Å². The fourth-order valence-corrected chi connectivity index (χ4v) is 0.965. The fraction of sp³-hybridized carbons (Fsp3) is 0.333. The normalized spacial score (nSPS) is 12.5. The molecule has 0 aromatic carbocycles. The topological polar surface area (TPSA) is 70.4 Å². The molecule has 0 bridgehead atoms. The number of rotatable bonds is 3. The monoisotopic (exact) mass is 181 g/mol. The zero-order chi connectivity index (χ0) is 9.84. The fourth-order valence-electron chi connectivity index (χ4n) is 0.965. The van der Waals surface area contributed by atoms with E-state index in [4.69, 9.17) is 5.11 Å². The standard InChI is InChI=1S/C9H11NO3/c1-2-8(11)6-3-4-7(9(12)13)10-5-6/h3-5,8,11H,2H2,1H3,(H,12,13). The Morgan fingerprint density at radius 1 is 1.62 bits per heavy atom. The Labute approximate surface area is 75.9 Å². The van der Waals surface area contributed by atoms with Gasteiger partial charge in [-0.1, -0.05) is 13.0 Å². The van der Waals surface area contributed by atoms with E-state index in [0.29, 0.717) is 12.0 Å². The minimum atomic E-state index is -1.06. The summed E-state index contributed by atoms with van der Waals surface area (Å²) in [6.07, 6.45) is 1.42. The first-order valence-corrected chi connectivity index (χ1v) is 4.02. The lowest BCUT2D eigenvalue weighted by Crippen LogP contribution is -2.02. The van der Waals surface area contributed by atoms with Gasteiger partial charge in [-0.25, -0.2) is 9.78 Å². The molecular weight excluding hydrogens is 170 g/mol. The van der Waals surface area contributed by atoms with E-state index in [1.807, 2.05) is 6.92 Å². The molecule has 0 saturated carbocycles. The van der Waals surface area contributed by atoms with Crippen molar-refractivity contribution in [1.82, 2.24) is 4.98 Å². The van der Waals surface area contributed by atoms with E-state index in [1.54, 1.807) is 6.07 Å². The zero-order valence-electron chi connectivity index (χ0n) is 7.27. The van der Waals surface area contributed by atoms with Crippen molar-refractivity contribution < 1.29 is 15.0 Å². The molecule has 1 rings (SSSR count). The van der Waals surface area contributed by atoms with Crippen LogP contribution in [0.2, 0.25) is 0 Å². The van der Waals surface area contributed by atoms with Gasteiger partial charge in [0.05, 0.1) is 6.10 Å². The zero-order valence-corrected chi connectivity index (χ0v) is 7.27. The van der Waals surface area contributed by atoms with E-state index < -0.39 is 12.1 Å². The second kappa shape index (κ2) is 4.00. The van der Waals surface area contributed by atoms with E-state index in [2.05, 4.69) is 4.98 Å². The third kappa shape index (κ3) is 2.26. The lowest BCUT2D eigenvalue weighted by atomic mass is 10.1. The van der Waals surface area contributed by atoms with Crippen LogP contribution in [0, 0.1) is 0 Å². The molecule has 0 fully saturated rings. The van der Waals surface area contributed by atoms with Gasteiger partial charge in [0.15, 0.2) is 0 Å². The molecule has 0 aliphatic rings. The Bertz CT molecular complexity index is 294. The Hall–Kier alpha value is -1.42. The molecule has 70 valence electrons. The van der Waals surface area contributed by atoms with Crippen molar-refractivity contribution >= 4 is 5.97 Å². The molecule has 1 unspecified atom stereocenters. The Kier molecular flexibility index (Phi) is 2.97. The van der Waals surface area contributed by atoms with Crippen molar-refractivity contribution in [2.75, 3.05) is 0 Å². The number of carbonyl (C=O) groups is 1. The summed E-state index contributed by atoms with van der Waals surface area (Å²) in [7, 11) is 0. The molecule has 1 aromatic heterocycles. The Morgan fingerprint density at radius 3 is 2.69 bits per heavy atom. The third-order valence-corrected chi connectivity index (χ3v) is 1.78. The SMILES string of the molecule is CCC(O)c1ccc(C(=O)O)nc1. The number of aromatic nitrogens is 1. The number of hydrogen-bond donors (Lipinski definition) is 2. The van der Waals surface area contributed by atoms with Gasteiger partial charge in [-0.05, 0) is 18.1 Å². The second-order valence-corrected chi connectivity index (χ2v) is 2.71. The lowest BCUT2D eigenvalue weighted by molar-refractivity contribution is 0.0690. The maximum absolute atomic E-state index is 10.4. The highest BCUT2D eigenvalue weighted by Gasteiger charge is 2.07. The van der Waals surface area contributed by atoms with Gasteiger partial charge < -0.3 is 10.2 Å². The molecule has 0 amide bonds. The second-order valence-electron chi connectivity index (χ2n) is 2.71. The molecule has 1 aromatic rings. The summed E-state index contributed by atoms with van der Waals surface area (Å²) in [5.74, 6) is -1.06. The number of hydrogen-bond acceptors (Lipinski definition) is 3. The van der Waals surface area contributed by atoms with Crippen LogP contribution in [0.15, 0.2) is 18.3 Å². The molecular formula is C9H11NO3. The predicted octanol–water partition coefficient (Wildman–Crippen LogP) is 1.22. The van der Waals surface area contributed by atoms with Crippen LogP contribution >= 0.6 is 0 Å². The first-order valence-electron chi connectivity index (χ1n) is 4.02. The molecule has 4 nitrogen and oxygen atoms in total. The summed E-state index contributed by atoms with van der Waals surface area (Å²) in [6, 6.07) is 2.96. The molecule has 1 heterocycles. The smallest absolute Gasteiger partial charge is 0.354 e. The molecule has 0 radical (unpaired) electrons. The molecule has 0 spiro atoms. The number of pyridine rings is 1. The van der Waals surface area contributed by atoms with Crippen LogP contribution in [-0.4, -0.2) is 21.2 Å². The van der Waals surface area contributed by atoms with Crippen LogP contribution in [0.4, 0.5) is 0 Å². The summed E-state index contributed by atoms with van der Waals surface area (Å²) in [5.41, 5.74) is 0.638. The van der Waals surface area contributed by atoms with Crippen LogP contribution < -0.4 is 0 Å². The van der Waals surface area contributed by atoms with Crippen LogP contribution in [0.5, 0.6) is 0 Å². The number of nitrogens with zero attached hydrogens (tertiary/aromatic N) is 1. The number of carboxylic acids is 1. The molecule has 4 heteroatoms. The van der Waals surface area contributed by atoms with Gasteiger partial charge in [0.2, 0.25) is 0 Å². The largest absolute Gasteiger partial charge is 0.477 e. The molecule has 0 aliphatic heterocycles. The van der Waals surface area contributed by atoms with Crippen molar-refractivity contribution in [2.45, 2.75) is 19.4 Å². The number of aliphatic hydroxyl groups is 1.